The molecule has 0 aromatic rings. The second kappa shape index (κ2) is 119. The summed E-state index contributed by atoms with van der Waals surface area (Å²) in [5, 5.41) is 0. The van der Waals surface area contributed by atoms with Crippen LogP contribution in [0.4, 0.5) is 0 Å². The van der Waals surface area contributed by atoms with Gasteiger partial charge in [0, 0.05) is 19.5 Å². The van der Waals surface area contributed by atoms with Gasteiger partial charge in [-0.15, -0.1) is 0 Å². The molecule has 0 aromatic heterocycles. The molecule has 0 heterocycles. The van der Waals surface area contributed by atoms with Crippen LogP contribution < -0.4 is 0 Å². The molecule has 0 bridgehead atoms. The summed E-state index contributed by atoms with van der Waals surface area (Å²) in [5.74, 6) is 0. The predicted octanol–water partition coefficient (Wildman–Crippen LogP) is -0.712. The Labute approximate surface area is 63.2 Å². The predicted molar refractivity (Wildman–Crippen MR) is 7.74 cm³/mol. The molecule has 0 aliphatic rings. The van der Waals surface area contributed by atoms with E-state index in [2.05, 4.69) is 0 Å². The van der Waals surface area contributed by atoms with Gasteiger partial charge < -0.3 is 21.9 Å². The normalized spacial score (nSPS) is 0. The monoisotopic (exact) mass is 180 g/mol. The van der Waals surface area contributed by atoms with Crippen molar-refractivity contribution in [1.82, 2.24) is 0 Å². The third-order valence-electron chi connectivity index (χ3n) is 0. The fourth-order valence-corrected chi connectivity index (χ4v) is 0. The minimum Gasteiger partial charge on any atom is -0.870 e. The van der Waals surface area contributed by atoms with Gasteiger partial charge in [-0.05, 0) is 0 Å². The molecule has 0 amide bonds. The Hall–Kier alpha value is 1.18. The summed E-state index contributed by atoms with van der Waals surface area (Å²) in [5.41, 5.74) is 0. The van der Waals surface area contributed by atoms with Crippen LogP contribution in [0.15, 0.2) is 0 Å². The molecule has 4 nitrogen and oxygen atoms in total. The summed E-state index contributed by atoms with van der Waals surface area (Å²) in [6.07, 6.45) is 0. The SMILES string of the molecule is [OH-].[OH-].[OH-].[OH-].[Ti+4].[Zn]. The first-order chi connectivity index (χ1) is 0. The second-order valence-electron chi connectivity index (χ2n) is 0. The third kappa shape index (κ3) is 65.2. The van der Waals surface area contributed by atoms with Crippen LogP contribution in [-0.2, 0) is 41.2 Å². The van der Waals surface area contributed by atoms with E-state index in [-0.39, 0.29) is 63.1 Å². The van der Waals surface area contributed by atoms with Gasteiger partial charge in [0.2, 0.25) is 0 Å². The van der Waals surface area contributed by atoms with Crippen LogP contribution in [0.3, 0.4) is 0 Å². The molecule has 0 atom stereocenters. The molecule has 0 fully saturated rings. The third-order valence-corrected chi connectivity index (χ3v) is 0. The quantitative estimate of drug-likeness (QED) is 0.458. The second-order valence-corrected chi connectivity index (χ2v) is 0. The van der Waals surface area contributed by atoms with Gasteiger partial charge in [-0.2, -0.15) is 0 Å². The molecule has 34 valence electrons. The van der Waals surface area contributed by atoms with Crippen molar-refractivity contribution < 1.29 is 63.1 Å². The zero-order valence-electron chi connectivity index (χ0n) is 3.00. The van der Waals surface area contributed by atoms with Gasteiger partial charge in [-0.1, -0.05) is 0 Å². The molecule has 0 saturated heterocycles. The Balaban J connectivity index is 0. The van der Waals surface area contributed by atoms with Gasteiger partial charge in [0.15, 0.2) is 0 Å². The minimum absolute atomic E-state index is 0. The summed E-state index contributed by atoms with van der Waals surface area (Å²) in [7, 11) is 0. The summed E-state index contributed by atoms with van der Waals surface area (Å²) >= 11 is 0. The van der Waals surface area contributed by atoms with E-state index in [9.17, 15) is 0 Å². The van der Waals surface area contributed by atoms with Gasteiger partial charge in [-0.25, -0.2) is 0 Å². The van der Waals surface area contributed by atoms with Crippen molar-refractivity contribution in [3.05, 3.63) is 0 Å². The Bertz CT molecular complexity index is 7.51. The molecule has 0 aliphatic heterocycles. The number of rotatable bonds is 0. The van der Waals surface area contributed by atoms with E-state index < -0.39 is 0 Å². The fraction of sp³-hybridized carbons (Fsp3) is 0. The van der Waals surface area contributed by atoms with Crippen molar-refractivity contribution in [3.8, 4) is 0 Å². The first-order valence-corrected chi connectivity index (χ1v) is 0. The molecular weight excluding hydrogens is 177 g/mol. The van der Waals surface area contributed by atoms with E-state index in [1.807, 2.05) is 0 Å². The molecule has 0 unspecified atom stereocenters. The van der Waals surface area contributed by atoms with Crippen molar-refractivity contribution in [1.29, 1.82) is 0 Å². The van der Waals surface area contributed by atoms with Gasteiger partial charge in [0.1, 0.15) is 0 Å². The first kappa shape index (κ1) is 198. The van der Waals surface area contributed by atoms with Crippen LogP contribution in [0.25, 0.3) is 0 Å². The number of hydrogen-bond acceptors (Lipinski definition) is 4. The zero-order valence-corrected chi connectivity index (χ0v) is 7.52. The molecule has 6 heteroatoms. The van der Waals surface area contributed by atoms with Crippen molar-refractivity contribution in [2.75, 3.05) is 0 Å². The fourth-order valence-electron chi connectivity index (χ4n) is 0. The topological polar surface area (TPSA) is 120 Å². The van der Waals surface area contributed by atoms with E-state index in [0.29, 0.717) is 0 Å². The van der Waals surface area contributed by atoms with Crippen molar-refractivity contribution in [3.63, 3.8) is 0 Å². The van der Waals surface area contributed by atoms with E-state index >= 15 is 0 Å². The van der Waals surface area contributed by atoms with Crippen LogP contribution in [0.5, 0.6) is 0 Å². The maximum Gasteiger partial charge on any atom is 4.00 e. The van der Waals surface area contributed by atoms with Crippen LogP contribution >= 0.6 is 0 Å². The van der Waals surface area contributed by atoms with E-state index in [1.165, 1.54) is 0 Å². The van der Waals surface area contributed by atoms with E-state index in [1.54, 1.807) is 0 Å². The van der Waals surface area contributed by atoms with Gasteiger partial charge in [0.25, 0.3) is 0 Å². The van der Waals surface area contributed by atoms with Crippen LogP contribution in [0, 0.1) is 0 Å². The van der Waals surface area contributed by atoms with Gasteiger partial charge >= 0.3 is 21.7 Å². The van der Waals surface area contributed by atoms with Crippen LogP contribution in [0.1, 0.15) is 0 Å². The van der Waals surface area contributed by atoms with Crippen molar-refractivity contribution in [2.24, 2.45) is 0 Å². The van der Waals surface area contributed by atoms with Gasteiger partial charge in [0.05, 0.1) is 0 Å². The smallest absolute Gasteiger partial charge is 0.870 e. The zero-order chi connectivity index (χ0) is 0. The summed E-state index contributed by atoms with van der Waals surface area (Å²) in [6, 6.07) is 0. The summed E-state index contributed by atoms with van der Waals surface area (Å²) in [6.45, 7) is 0. The Morgan fingerprint density at radius 2 is 0.500 bits per heavy atom. The van der Waals surface area contributed by atoms with Crippen molar-refractivity contribution >= 4 is 0 Å². The molecule has 0 rings (SSSR count). The molecule has 0 saturated carbocycles. The van der Waals surface area contributed by atoms with Gasteiger partial charge in [-0.3, -0.25) is 0 Å². The minimum atomic E-state index is 0. The Morgan fingerprint density at radius 1 is 0.500 bits per heavy atom. The van der Waals surface area contributed by atoms with Crippen molar-refractivity contribution in [2.45, 2.75) is 0 Å². The molecule has 0 aromatic carbocycles. The average Bonchev–Trinajstić information content (AvgIpc) is 0. The maximum absolute atomic E-state index is 0. The van der Waals surface area contributed by atoms with Crippen LogP contribution in [0.2, 0.25) is 0 Å². The molecule has 0 aliphatic carbocycles. The summed E-state index contributed by atoms with van der Waals surface area (Å²) < 4.78 is 0. The molecule has 0 radical (unpaired) electrons. The largest absolute Gasteiger partial charge is 4.00 e. The maximum atomic E-state index is 0. The molecule has 4 N–H and O–H groups in total. The van der Waals surface area contributed by atoms with E-state index in [0.717, 1.165) is 0 Å². The Morgan fingerprint density at radius 3 is 0.500 bits per heavy atom. The van der Waals surface area contributed by atoms with Crippen LogP contribution in [-0.4, -0.2) is 21.9 Å². The molecule has 6 heavy (non-hydrogen) atoms. The average molecular weight is 181 g/mol. The Kier molecular flexibility index (Phi) is 3930. The molecule has 0 spiro atoms. The first-order valence-electron chi connectivity index (χ1n) is 0. The number of hydrogen-bond donors (Lipinski definition) is 0. The molecular formula is H4O4TiZn. The summed E-state index contributed by atoms with van der Waals surface area (Å²) in [4.78, 5) is 0. The standard InChI is InChI=1S/4H2O.Ti.Zn/h4*1H2;;/q;;;;+4;/p-4. The van der Waals surface area contributed by atoms with E-state index in [4.69, 9.17) is 0 Å².